The fourth-order valence-electron chi connectivity index (χ4n) is 2.20. The molecular weight excluding hydrogens is 210 g/mol. The summed E-state index contributed by atoms with van der Waals surface area (Å²) in [6, 6.07) is 11.0. The normalized spacial score (nSPS) is 18.8. The van der Waals surface area contributed by atoms with E-state index in [1.54, 1.807) is 0 Å². The van der Waals surface area contributed by atoms with Gasteiger partial charge in [0.05, 0.1) is 12.1 Å². The zero-order chi connectivity index (χ0) is 12.3. The lowest BCUT2D eigenvalue weighted by Gasteiger charge is -2.37. The molecule has 2 rings (SSSR count). The molecule has 1 fully saturated rings. The highest BCUT2D eigenvalue weighted by Crippen LogP contribution is 2.17. The summed E-state index contributed by atoms with van der Waals surface area (Å²) in [5, 5.41) is 8.90. The van der Waals surface area contributed by atoms with Crippen molar-refractivity contribution in [2.75, 3.05) is 31.1 Å². The molecule has 3 heteroatoms. The number of piperazine rings is 1. The van der Waals surface area contributed by atoms with Crippen LogP contribution >= 0.6 is 0 Å². The highest BCUT2D eigenvalue weighted by molar-refractivity contribution is 5.47. The molecule has 1 aliphatic rings. The van der Waals surface area contributed by atoms with Crippen LogP contribution in [0.3, 0.4) is 0 Å². The van der Waals surface area contributed by atoms with Crippen molar-refractivity contribution in [2.45, 2.75) is 19.9 Å². The zero-order valence-corrected chi connectivity index (χ0v) is 10.6. The molecule has 1 atom stereocenters. The third-order valence-corrected chi connectivity index (χ3v) is 3.45. The van der Waals surface area contributed by atoms with Gasteiger partial charge in [-0.15, -0.1) is 0 Å². The fourth-order valence-corrected chi connectivity index (χ4v) is 2.20. The summed E-state index contributed by atoms with van der Waals surface area (Å²) >= 11 is 0. The van der Waals surface area contributed by atoms with Crippen LogP contribution in [0.4, 0.5) is 5.69 Å². The fraction of sp³-hybridized carbons (Fsp3) is 0.500. The maximum Gasteiger partial charge on any atom is 0.0950 e. The Bertz CT molecular complexity index is 396. The van der Waals surface area contributed by atoms with Crippen LogP contribution in [-0.4, -0.2) is 37.1 Å². The number of hydrogen-bond donors (Lipinski definition) is 0. The van der Waals surface area contributed by atoms with Crippen LogP contribution in [-0.2, 0) is 0 Å². The summed E-state index contributed by atoms with van der Waals surface area (Å²) in [6.07, 6.45) is 0. The van der Waals surface area contributed by atoms with E-state index in [1.165, 1.54) is 11.3 Å². The molecule has 0 bridgehead atoms. The second-order valence-corrected chi connectivity index (χ2v) is 4.66. The second kappa shape index (κ2) is 5.20. The predicted octanol–water partition coefficient (Wildman–Crippen LogP) is 2.03. The largest absolute Gasteiger partial charge is 0.369 e. The molecular formula is C14H19N3. The third-order valence-electron chi connectivity index (χ3n) is 3.45. The molecule has 1 saturated heterocycles. The highest BCUT2D eigenvalue weighted by Gasteiger charge is 2.20. The third kappa shape index (κ3) is 2.78. The van der Waals surface area contributed by atoms with E-state index in [0.717, 1.165) is 26.2 Å². The van der Waals surface area contributed by atoms with E-state index < -0.39 is 0 Å². The van der Waals surface area contributed by atoms with Crippen LogP contribution in [0.5, 0.6) is 0 Å². The highest BCUT2D eigenvalue weighted by atomic mass is 15.3. The van der Waals surface area contributed by atoms with E-state index in [1.807, 2.05) is 6.92 Å². The van der Waals surface area contributed by atoms with Gasteiger partial charge in [0, 0.05) is 31.9 Å². The average Bonchev–Trinajstić information content (AvgIpc) is 2.39. The Morgan fingerprint density at radius 1 is 1.12 bits per heavy atom. The van der Waals surface area contributed by atoms with Gasteiger partial charge < -0.3 is 4.90 Å². The Morgan fingerprint density at radius 2 is 1.71 bits per heavy atom. The smallest absolute Gasteiger partial charge is 0.0950 e. The molecule has 0 N–H and O–H groups in total. The van der Waals surface area contributed by atoms with Gasteiger partial charge >= 0.3 is 0 Å². The van der Waals surface area contributed by atoms with Gasteiger partial charge in [-0.05, 0) is 26.0 Å². The Balaban J connectivity index is 1.95. The minimum atomic E-state index is 0.0372. The number of nitriles is 1. The number of aryl methyl sites for hydroxylation is 1. The maximum atomic E-state index is 8.90. The van der Waals surface area contributed by atoms with Gasteiger partial charge in [-0.1, -0.05) is 17.7 Å². The zero-order valence-electron chi connectivity index (χ0n) is 10.6. The molecule has 1 aliphatic heterocycles. The molecule has 1 heterocycles. The number of hydrogen-bond acceptors (Lipinski definition) is 3. The molecule has 90 valence electrons. The van der Waals surface area contributed by atoms with E-state index in [9.17, 15) is 0 Å². The Morgan fingerprint density at radius 3 is 2.24 bits per heavy atom. The van der Waals surface area contributed by atoms with Crippen LogP contribution in [0.15, 0.2) is 24.3 Å². The van der Waals surface area contributed by atoms with E-state index >= 15 is 0 Å². The van der Waals surface area contributed by atoms with Crippen molar-refractivity contribution in [1.82, 2.24) is 4.90 Å². The van der Waals surface area contributed by atoms with Crippen LogP contribution in [0.2, 0.25) is 0 Å². The van der Waals surface area contributed by atoms with Gasteiger partial charge in [-0.25, -0.2) is 0 Å². The van der Waals surface area contributed by atoms with Crippen molar-refractivity contribution in [2.24, 2.45) is 0 Å². The number of anilines is 1. The number of nitrogens with zero attached hydrogens (tertiary/aromatic N) is 3. The summed E-state index contributed by atoms with van der Waals surface area (Å²) in [5.74, 6) is 0. The number of benzene rings is 1. The quantitative estimate of drug-likeness (QED) is 0.777. The average molecular weight is 229 g/mol. The first-order chi connectivity index (χ1) is 8.20. The molecule has 0 saturated carbocycles. The summed E-state index contributed by atoms with van der Waals surface area (Å²) < 4.78 is 0. The van der Waals surface area contributed by atoms with Crippen LogP contribution in [0.25, 0.3) is 0 Å². The topological polar surface area (TPSA) is 30.3 Å². The lowest BCUT2D eigenvalue weighted by Crippen LogP contribution is -2.49. The van der Waals surface area contributed by atoms with Crippen molar-refractivity contribution in [3.8, 4) is 6.07 Å². The predicted molar refractivity (Wildman–Crippen MR) is 70.0 cm³/mol. The summed E-state index contributed by atoms with van der Waals surface area (Å²) in [4.78, 5) is 4.63. The lowest BCUT2D eigenvalue weighted by molar-refractivity contribution is 0.231. The maximum absolute atomic E-state index is 8.90. The van der Waals surface area contributed by atoms with Crippen molar-refractivity contribution in [1.29, 1.82) is 5.26 Å². The van der Waals surface area contributed by atoms with E-state index in [2.05, 4.69) is 47.1 Å². The molecule has 0 spiro atoms. The van der Waals surface area contributed by atoms with E-state index in [0.29, 0.717) is 0 Å². The molecule has 1 aromatic rings. The monoisotopic (exact) mass is 229 g/mol. The minimum Gasteiger partial charge on any atom is -0.369 e. The van der Waals surface area contributed by atoms with Gasteiger partial charge in [0.1, 0.15) is 0 Å². The molecule has 0 aromatic heterocycles. The summed E-state index contributed by atoms with van der Waals surface area (Å²) in [6.45, 7) is 8.05. The van der Waals surface area contributed by atoms with Crippen molar-refractivity contribution in [3.05, 3.63) is 29.8 Å². The van der Waals surface area contributed by atoms with Crippen LogP contribution in [0, 0.1) is 18.3 Å². The van der Waals surface area contributed by atoms with Crippen LogP contribution < -0.4 is 4.90 Å². The first kappa shape index (κ1) is 11.9. The molecule has 0 radical (unpaired) electrons. The molecule has 0 amide bonds. The van der Waals surface area contributed by atoms with E-state index in [-0.39, 0.29) is 6.04 Å². The molecule has 3 nitrogen and oxygen atoms in total. The summed E-state index contributed by atoms with van der Waals surface area (Å²) in [5.41, 5.74) is 2.59. The molecule has 17 heavy (non-hydrogen) atoms. The molecule has 0 aliphatic carbocycles. The second-order valence-electron chi connectivity index (χ2n) is 4.66. The first-order valence-corrected chi connectivity index (χ1v) is 6.16. The van der Waals surface area contributed by atoms with Gasteiger partial charge in [0.25, 0.3) is 0 Å². The Kier molecular flexibility index (Phi) is 3.65. The van der Waals surface area contributed by atoms with Crippen molar-refractivity contribution < 1.29 is 0 Å². The van der Waals surface area contributed by atoms with Crippen molar-refractivity contribution >= 4 is 5.69 Å². The van der Waals surface area contributed by atoms with Gasteiger partial charge in [0.2, 0.25) is 0 Å². The summed E-state index contributed by atoms with van der Waals surface area (Å²) in [7, 11) is 0. The SMILES string of the molecule is Cc1ccc(N2CCN(C(C)C#N)CC2)cc1. The van der Waals surface area contributed by atoms with E-state index in [4.69, 9.17) is 5.26 Å². The Labute approximate surface area is 103 Å². The van der Waals surface area contributed by atoms with Crippen LogP contribution in [0.1, 0.15) is 12.5 Å². The number of rotatable bonds is 2. The minimum absolute atomic E-state index is 0.0372. The first-order valence-electron chi connectivity index (χ1n) is 6.16. The molecule has 1 unspecified atom stereocenters. The standard InChI is InChI=1S/C14H19N3/c1-12-3-5-14(6-4-12)17-9-7-16(8-10-17)13(2)11-15/h3-6,13H,7-10H2,1-2H3. The van der Waals surface area contributed by atoms with Crippen molar-refractivity contribution in [3.63, 3.8) is 0 Å². The Hall–Kier alpha value is -1.53. The van der Waals surface area contributed by atoms with Gasteiger partial charge in [-0.2, -0.15) is 5.26 Å². The lowest BCUT2D eigenvalue weighted by atomic mass is 10.2. The van der Waals surface area contributed by atoms with Gasteiger partial charge in [0.15, 0.2) is 0 Å². The molecule has 1 aromatic carbocycles. The van der Waals surface area contributed by atoms with Gasteiger partial charge in [-0.3, -0.25) is 4.90 Å².